The minimum Gasteiger partial charge on any atom is -0.491 e. The van der Waals surface area contributed by atoms with Crippen molar-refractivity contribution in [2.24, 2.45) is 0 Å². The molecule has 2 rings (SSSR count). The molecule has 0 heterocycles. The van der Waals surface area contributed by atoms with Crippen LogP contribution in [0.5, 0.6) is 5.75 Å². The molecule has 21 heavy (non-hydrogen) atoms. The highest BCUT2D eigenvalue weighted by Crippen LogP contribution is 2.26. The lowest BCUT2D eigenvalue weighted by molar-refractivity contribution is -0.133. The smallest absolute Gasteiger partial charge is 0.244 e. The number of carbonyl (C=O) groups excluding carboxylic acids is 2. The van der Waals surface area contributed by atoms with Crippen LogP contribution in [0, 0.1) is 0 Å². The summed E-state index contributed by atoms with van der Waals surface area (Å²) in [5.41, 5.74) is 0.704. The Morgan fingerprint density at radius 2 is 1.90 bits per heavy atom. The highest BCUT2D eigenvalue weighted by Gasteiger charge is 2.31. The van der Waals surface area contributed by atoms with Gasteiger partial charge in [-0.05, 0) is 51.0 Å². The molecule has 0 aliphatic heterocycles. The zero-order valence-corrected chi connectivity index (χ0v) is 12.8. The molecule has 0 atom stereocenters. The second-order valence-electron chi connectivity index (χ2n) is 5.62. The lowest BCUT2D eigenvalue weighted by Gasteiger charge is -2.19. The molecule has 1 aliphatic carbocycles. The van der Waals surface area contributed by atoms with Crippen LogP contribution >= 0.6 is 0 Å². The molecule has 1 aliphatic rings. The zero-order valence-electron chi connectivity index (χ0n) is 12.8. The summed E-state index contributed by atoms with van der Waals surface area (Å²) in [4.78, 5) is 25.1. The normalized spacial score (nSPS) is 13.9. The number of ether oxygens (including phenoxy) is 1. The van der Waals surface area contributed by atoms with Crippen molar-refractivity contribution in [3.05, 3.63) is 24.3 Å². The first-order valence-electron chi connectivity index (χ1n) is 7.29. The third kappa shape index (κ3) is 4.77. The van der Waals surface area contributed by atoms with Crippen molar-refractivity contribution >= 4 is 17.5 Å². The van der Waals surface area contributed by atoms with Crippen LogP contribution in [0.1, 0.15) is 33.6 Å². The third-order valence-electron chi connectivity index (χ3n) is 3.22. The lowest BCUT2D eigenvalue weighted by atomic mass is 10.3. The number of hydrogen-bond donors (Lipinski definition) is 1. The van der Waals surface area contributed by atoms with Crippen molar-refractivity contribution < 1.29 is 14.3 Å². The molecule has 114 valence electrons. The molecule has 5 nitrogen and oxygen atoms in total. The molecular weight excluding hydrogens is 268 g/mol. The molecule has 1 aromatic rings. The van der Waals surface area contributed by atoms with Gasteiger partial charge in [0.1, 0.15) is 12.3 Å². The number of benzene rings is 1. The third-order valence-corrected chi connectivity index (χ3v) is 3.22. The fraction of sp³-hybridized carbons (Fsp3) is 0.500. The monoisotopic (exact) mass is 290 g/mol. The highest BCUT2D eigenvalue weighted by molar-refractivity contribution is 5.94. The maximum Gasteiger partial charge on any atom is 0.244 e. The Morgan fingerprint density at radius 1 is 1.29 bits per heavy atom. The Bertz CT molecular complexity index is 507. The number of rotatable bonds is 6. The molecule has 0 saturated heterocycles. The average molecular weight is 290 g/mol. The van der Waals surface area contributed by atoms with Crippen LogP contribution in [0.2, 0.25) is 0 Å². The number of nitrogens with zero attached hydrogens (tertiary/aromatic N) is 1. The number of carbonyl (C=O) groups is 2. The summed E-state index contributed by atoms with van der Waals surface area (Å²) in [5.74, 6) is 0.550. The average Bonchev–Trinajstić information content (AvgIpc) is 3.21. The quantitative estimate of drug-likeness (QED) is 0.875. The number of nitrogens with one attached hydrogen (secondary N) is 1. The van der Waals surface area contributed by atoms with E-state index in [4.69, 9.17) is 4.74 Å². The summed E-state index contributed by atoms with van der Waals surface area (Å²) in [5, 5.41) is 2.80. The van der Waals surface area contributed by atoms with Gasteiger partial charge in [0.2, 0.25) is 11.8 Å². The Hall–Kier alpha value is -2.04. The van der Waals surface area contributed by atoms with Crippen LogP contribution in [0.25, 0.3) is 0 Å². The van der Waals surface area contributed by atoms with E-state index in [9.17, 15) is 9.59 Å². The summed E-state index contributed by atoms with van der Waals surface area (Å²) in [6.07, 6.45) is 2.11. The van der Waals surface area contributed by atoms with Gasteiger partial charge in [-0.1, -0.05) is 0 Å². The van der Waals surface area contributed by atoms with E-state index in [-0.39, 0.29) is 30.5 Å². The van der Waals surface area contributed by atoms with E-state index in [0.29, 0.717) is 5.69 Å². The second-order valence-corrected chi connectivity index (χ2v) is 5.62. The minimum absolute atomic E-state index is 0.0478. The van der Waals surface area contributed by atoms with Gasteiger partial charge < -0.3 is 15.0 Å². The fourth-order valence-electron chi connectivity index (χ4n) is 2.13. The fourth-order valence-corrected chi connectivity index (χ4v) is 2.13. The maximum atomic E-state index is 12.0. The molecule has 0 unspecified atom stereocenters. The first-order valence-corrected chi connectivity index (χ1v) is 7.29. The van der Waals surface area contributed by atoms with Gasteiger partial charge >= 0.3 is 0 Å². The van der Waals surface area contributed by atoms with Gasteiger partial charge in [0.15, 0.2) is 0 Å². The molecule has 0 bridgehead atoms. The largest absolute Gasteiger partial charge is 0.491 e. The van der Waals surface area contributed by atoms with Gasteiger partial charge in [-0.25, -0.2) is 0 Å². The molecule has 0 aromatic heterocycles. The first kappa shape index (κ1) is 15.4. The molecular formula is C16H22N2O3. The van der Waals surface area contributed by atoms with Gasteiger partial charge in [0.05, 0.1) is 6.10 Å². The zero-order chi connectivity index (χ0) is 15.4. The van der Waals surface area contributed by atoms with Crippen molar-refractivity contribution in [3.63, 3.8) is 0 Å². The molecule has 0 spiro atoms. The number of anilines is 1. The van der Waals surface area contributed by atoms with E-state index in [2.05, 4.69) is 5.32 Å². The molecule has 1 fully saturated rings. The number of amides is 2. The van der Waals surface area contributed by atoms with E-state index in [0.717, 1.165) is 18.6 Å². The summed E-state index contributed by atoms with van der Waals surface area (Å²) in [6, 6.07) is 7.48. The second kappa shape index (κ2) is 6.61. The predicted molar refractivity (Wildman–Crippen MR) is 81.2 cm³/mol. The van der Waals surface area contributed by atoms with E-state index in [1.165, 1.54) is 6.92 Å². The molecule has 1 aromatic carbocycles. The van der Waals surface area contributed by atoms with Crippen molar-refractivity contribution in [1.82, 2.24) is 4.90 Å². The Labute approximate surface area is 125 Å². The maximum absolute atomic E-state index is 12.0. The molecule has 0 radical (unpaired) electrons. The predicted octanol–water partition coefficient (Wildman–Crippen LogP) is 2.42. The molecule has 1 saturated carbocycles. The van der Waals surface area contributed by atoms with E-state index in [1.54, 1.807) is 17.0 Å². The first-order chi connectivity index (χ1) is 9.95. The van der Waals surface area contributed by atoms with Crippen molar-refractivity contribution in [1.29, 1.82) is 0 Å². The van der Waals surface area contributed by atoms with Crippen LogP contribution in [0.3, 0.4) is 0 Å². The Balaban J connectivity index is 1.88. The summed E-state index contributed by atoms with van der Waals surface area (Å²) in [7, 11) is 0. The summed E-state index contributed by atoms with van der Waals surface area (Å²) in [6.45, 7) is 5.54. The van der Waals surface area contributed by atoms with Crippen LogP contribution in [0.15, 0.2) is 24.3 Å². The molecule has 2 amide bonds. The minimum atomic E-state index is -0.172. The number of hydrogen-bond acceptors (Lipinski definition) is 3. The Kier molecular flexibility index (Phi) is 4.83. The van der Waals surface area contributed by atoms with Crippen molar-refractivity contribution in [3.8, 4) is 5.75 Å². The molecule has 1 N–H and O–H groups in total. The van der Waals surface area contributed by atoms with Crippen LogP contribution in [-0.4, -0.2) is 35.4 Å². The topological polar surface area (TPSA) is 58.6 Å². The standard InChI is InChI=1S/C16H22N2O3/c1-11(2)21-15-8-4-13(5-9-15)17-16(20)10-18(12(3)19)14-6-7-14/h4-5,8-9,11,14H,6-7,10H2,1-3H3,(H,17,20). The SMILES string of the molecule is CC(=O)N(CC(=O)Nc1ccc(OC(C)C)cc1)C1CC1. The van der Waals surface area contributed by atoms with Crippen LogP contribution in [0.4, 0.5) is 5.69 Å². The van der Waals surface area contributed by atoms with Gasteiger partial charge in [-0.3, -0.25) is 9.59 Å². The summed E-state index contributed by atoms with van der Waals surface area (Å²) < 4.78 is 5.54. The van der Waals surface area contributed by atoms with E-state index in [1.807, 2.05) is 26.0 Å². The summed E-state index contributed by atoms with van der Waals surface area (Å²) >= 11 is 0. The van der Waals surface area contributed by atoms with E-state index >= 15 is 0 Å². The van der Waals surface area contributed by atoms with E-state index < -0.39 is 0 Å². The Morgan fingerprint density at radius 3 is 2.38 bits per heavy atom. The van der Waals surface area contributed by atoms with Crippen LogP contribution < -0.4 is 10.1 Å². The van der Waals surface area contributed by atoms with Gasteiger partial charge in [-0.15, -0.1) is 0 Å². The van der Waals surface area contributed by atoms with Crippen LogP contribution in [-0.2, 0) is 9.59 Å². The van der Waals surface area contributed by atoms with Gasteiger partial charge in [0.25, 0.3) is 0 Å². The lowest BCUT2D eigenvalue weighted by Crippen LogP contribution is -2.38. The highest BCUT2D eigenvalue weighted by atomic mass is 16.5. The van der Waals surface area contributed by atoms with Gasteiger partial charge in [0, 0.05) is 18.7 Å². The van der Waals surface area contributed by atoms with Crippen molar-refractivity contribution in [2.75, 3.05) is 11.9 Å². The van der Waals surface area contributed by atoms with Crippen molar-refractivity contribution in [2.45, 2.75) is 45.8 Å². The molecule has 5 heteroatoms. The van der Waals surface area contributed by atoms with Gasteiger partial charge in [-0.2, -0.15) is 0 Å².